The molecule has 1 heteroatoms. The third-order valence-electron chi connectivity index (χ3n) is 8.63. The van der Waals surface area contributed by atoms with Gasteiger partial charge in [0, 0.05) is 0 Å². The molecule has 3 aliphatic rings. The van der Waals surface area contributed by atoms with Crippen LogP contribution in [0.1, 0.15) is 86.0 Å². The van der Waals surface area contributed by atoms with Crippen LogP contribution in [0.15, 0.2) is 47.6 Å². The van der Waals surface area contributed by atoms with Crippen molar-refractivity contribution in [1.82, 2.24) is 0 Å². The summed E-state index contributed by atoms with van der Waals surface area (Å²) in [6, 6.07) is 0. The highest BCUT2D eigenvalue weighted by Gasteiger charge is 2.50. The zero-order valence-corrected chi connectivity index (χ0v) is 19.6. The fraction of sp³-hybridized carbons (Fsp3) is 0.714. The average molecular weight is 397 g/mol. The summed E-state index contributed by atoms with van der Waals surface area (Å²) in [4.78, 5) is 0. The lowest BCUT2D eigenvalue weighted by Gasteiger charge is -2.44. The van der Waals surface area contributed by atoms with E-state index in [4.69, 9.17) is 0 Å². The van der Waals surface area contributed by atoms with Gasteiger partial charge in [0.15, 0.2) is 0 Å². The SMILES string of the molecule is C=C1CC[C@H](O)CC1=CC=C1CCC[C@]2(C)[C@@H](C(C)C=C[C@H](C)C(C)C)CC[C@@H]12. The first-order valence-corrected chi connectivity index (χ1v) is 12.2. The van der Waals surface area contributed by atoms with Crippen molar-refractivity contribution in [2.75, 3.05) is 0 Å². The smallest absolute Gasteiger partial charge is 0.0583 e. The molecule has 0 spiro atoms. The fourth-order valence-corrected chi connectivity index (χ4v) is 6.25. The third-order valence-corrected chi connectivity index (χ3v) is 8.63. The number of hydrogen-bond acceptors (Lipinski definition) is 1. The van der Waals surface area contributed by atoms with Crippen molar-refractivity contribution < 1.29 is 5.11 Å². The Morgan fingerprint density at radius 2 is 1.79 bits per heavy atom. The first-order chi connectivity index (χ1) is 13.7. The molecule has 1 nitrogen and oxygen atoms in total. The van der Waals surface area contributed by atoms with Crippen molar-refractivity contribution in [2.24, 2.45) is 35.0 Å². The standard InChI is InChI=1S/C28H44O/c1-19(2)20(3)9-10-22(5)26-15-16-27-23(8-7-17-28(26,27)6)12-13-24-18-25(29)14-11-21(24)4/h9-10,12-13,19-20,22,25-27,29H,4,7-8,11,14-18H2,1-3,5-6H3/t20-,22?,25-,26+,27-,28+/m0/s1. The number of allylic oxidation sites excluding steroid dienone is 6. The molecular weight excluding hydrogens is 352 g/mol. The lowest BCUT2D eigenvalue weighted by atomic mass is 9.61. The highest BCUT2D eigenvalue weighted by Crippen LogP contribution is 2.59. The molecule has 0 saturated heterocycles. The largest absolute Gasteiger partial charge is 0.393 e. The second-order valence-corrected chi connectivity index (χ2v) is 10.9. The molecule has 1 unspecified atom stereocenters. The van der Waals surface area contributed by atoms with Crippen molar-refractivity contribution in [3.63, 3.8) is 0 Å². The van der Waals surface area contributed by atoms with Gasteiger partial charge in [-0.2, -0.15) is 0 Å². The van der Waals surface area contributed by atoms with Gasteiger partial charge in [-0.15, -0.1) is 0 Å². The van der Waals surface area contributed by atoms with Gasteiger partial charge in [0.2, 0.25) is 0 Å². The Balaban J connectivity index is 1.75. The molecule has 0 heterocycles. The van der Waals surface area contributed by atoms with Crippen LogP contribution in [0, 0.1) is 35.0 Å². The van der Waals surface area contributed by atoms with Gasteiger partial charge in [-0.1, -0.05) is 76.6 Å². The van der Waals surface area contributed by atoms with E-state index in [-0.39, 0.29) is 6.10 Å². The molecular formula is C28H44O. The van der Waals surface area contributed by atoms with Crippen molar-refractivity contribution in [3.8, 4) is 0 Å². The first kappa shape index (κ1) is 22.6. The van der Waals surface area contributed by atoms with Crippen molar-refractivity contribution in [2.45, 2.75) is 92.1 Å². The minimum absolute atomic E-state index is 0.182. The normalized spacial score (nSPS) is 38.2. The Labute approximate surface area is 180 Å². The lowest BCUT2D eigenvalue weighted by molar-refractivity contribution is 0.112. The summed E-state index contributed by atoms with van der Waals surface area (Å²) in [6.07, 6.45) is 18.8. The van der Waals surface area contributed by atoms with Gasteiger partial charge < -0.3 is 5.11 Å². The molecule has 3 saturated carbocycles. The Hall–Kier alpha value is -1.08. The van der Waals surface area contributed by atoms with Crippen LogP contribution in [0.3, 0.4) is 0 Å². The zero-order valence-electron chi connectivity index (χ0n) is 19.6. The maximum Gasteiger partial charge on any atom is 0.0583 e. The van der Waals surface area contributed by atoms with Crippen molar-refractivity contribution in [1.29, 1.82) is 0 Å². The predicted molar refractivity (Wildman–Crippen MR) is 126 cm³/mol. The highest BCUT2D eigenvalue weighted by atomic mass is 16.3. The van der Waals surface area contributed by atoms with Gasteiger partial charge in [-0.3, -0.25) is 0 Å². The van der Waals surface area contributed by atoms with Crippen molar-refractivity contribution in [3.05, 3.63) is 47.6 Å². The van der Waals surface area contributed by atoms with Gasteiger partial charge in [-0.05, 0) is 91.9 Å². The molecule has 1 N–H and O–H groups in total. The quantitative estimate of drug-likeness (QED) is 0.473. The highest BCUT2D eigenvalue weighted by molar-refractivity contribution is 5.36. The first-order valence-electron chi connectivity index (χ1n) is 12.2. The molecule has 0 aromatic carbocycles. The molecule has 3 aliphatic carbocycles. The summed E-state index contributed by atoms with van der Waals surface area (Å²) < 4.78 is 0. The van der Waals surface area contributed by atoms with Crippen LogP contribution in [0.2, 0.25) is 0 Å². The third kappa shape index (κ3) is 4.98. The topological polar surface area (TPSA) is 20.2 Å². The monoisotopic (exact) mass is 396 g/mol. The van der Waals surface area contributed by atoms with E-state index in [1.165, 1.54) is 43.3 Å². The summed E-state index contributed by atoms with van der Waals surface area (Å²) in [5.74, 6) is 3.58. The minimum Gasteiger partial charge on any atom is -0.393 e. The Morgan fingerprint density at radius 3 is 2.52 bits per heavy atom. The maximum absolute atomic E-state index is 10.0. The molecule has 0 bridgehead atoms. The number of aliphatic hydroxyl groups is 1. The van der Waals surface area contributed by atoms with Crippen LogP contribution in [0.25, 0.3) is 0 Å². The van der Waals surface area contributed by atoms with Crippen LogP contribution >= 0.6 is 0 Å². The molecule has 0 amide bonds. The zero-order chi connectivity index (χ0) is 21.2. The van der Waals surface area contributed by atoms with E-state index in [9.17, 15) is 5.11 Å². The summed E-state index contributed by atoms with van der Waals surface area (Å²) in [6.45, 7) is 16.3. The molecule has 0 radical (unpaired) electrons. The van der Waals surface area contributed by atoms with E-state index >= 15 is 0 Å². The number of fused-ring (bicyclic) bond motifs is 1. The number of rotatable bonds is 5. The summed E-state index contributed by atoms with van der Waals surface area (Å²) in [5.41, 5.74) is 4.61. The van der Waals surface area contributed by atoms with E-state index in [1.807, 2.05) is 0 Å². The van der Waals surface area contributed by atoms with Gasteiger partial charge in [-0.25, -0.2) is 0 Å². The Morgan fingerprint density at radius 1 is 1.03 bits per heavy atom. The van der Waals surface area contributed by atoms with E-state index in [1.54, 1.807) is 5.57 Å². The van der Waals surface area contributed by atoms with Gasteiger partial charge in [0.1, 0.15) is 0 Å². The molecule has 162 valence electrons. The molecule has 6 atom stereocenters. The Kier molecular flexibility index (Phi) is 7.31. The van der Waals surface area contributed by atoms with Gasteiger partial charge in [0.05, 0.1) is 6.10 Å². The lowest BCUT2D eigenvalue weighted by Crippen LogP contribution is -2.35. The van der Waals surface area contributed by atoms with E-state index in [2.05, 4.69) is 65.5 Å². The fourth-order valence-electron chi connectivity index (χ4n) is 6.25. The number of aliphatic hydroxyl groups excluding tert-OH is 1. The number of hydrogen-bond donors (Lipinski definition) is 1. The van der Waals surface area contributed by atoms with Crippen LogP contribution in [-0.2, 0) is 0 Å². The second-order valence-electron chi connectivity index (χ2n) is 10.9. The molecule has 3 fully saturated rings. The van der Waals surface area contributed by atoms with E-state index in [0.29, 0.717) is 17.3 Å². The van der Waals surface area contributed by atoms with E-state index < -0.39 is 0 Å². The minimum atomic E-state index is -0.182. The van der Waals surface area contributed by atoms with Crippen LogP contribution in [0.4, 0.5) is 0 Å². The predicted octanol–water partition coefficient (Wildman–Crippen LogP) is 7.64. The molecule has 0 aliphatic heterocycles. The second kappa shape index (κ2) is 9.38. The molecule has 29 heavy (non-hydrogen) atoms. The summed E-state index contributed by atoms with van der Waals surface area (Å²) >= 11 is 0. The van der Waals surface area contributed by atoms with Crippen LogP contribution in [0.5, 0.6) is 0 Å². The van der Waals surface area contributed by atoms with Crippen molar-refractivity contribution >= 4 is 0 Å². The van der Waals surface area contributed by atoms with E-state index in [0.717, 1.165) is 37.0 Å². The van der Waals surface area contributed by atoms with Gasteiger partial charge in [0.25, 0.3) is 0 Å². The molecule has 0 aromatic heterocycles. The Bertz CT molecular complexity index is 678. The maximum atomic E-state index is 10.0. The van der Waals surface area contributed by atoms with Crippen LogP contribution < -0.4 is 0 Å². The molecule has 0 aromatic rings. The van der Waals surface area contributed by atoms with Crippen LogP contribution in [-0.4, -0.2) is 11.2 Å². The van der Waals surface area contributed by atoms with Gasteiger partial charge >= 0.3 is 0 Å². The molecule has 3 rings (SSSR count). The summed E-state index contributed by atoms with van der Waals surface area (Å²) in [7, 11) is 0. The summed E-state index contributed by atoms with van der Waals surface area (Å²) in [5, 5.41) is 10.0. The average Bonchev–Trinajstić information content (AvgIpc) is 3.04.